The third-order valence-electron chi connectivity index (χ3n) is 4.04. The molecule has 0 bridgehead atoms. The summed E-state index contributed by atoms with van der Waals surface area (Å²) in [5.74, 6) is -0.944. The standard InChI is InChI=1S/C19H19N3O4S/c1-12(18(24)20-11-13-6-5-9-27-13)26-17(23)10-16-14-7-3-4-8-15(14)19(25)22(2)21-16/h3-9,12H,10-11H2,1-2H3,(H,20,24)/t12-/m1/s1. The van der Waals surface area contributed by atoms with Gasteiger partial charge in [-0.1, -0.05) is 24.3 Å². The Hall–Kier alpha value is -3.00. The largest absolute Gasteiger partial charge is 0.452 e. The van der Waals surface area contributed by atoms with Gasteiger partial charge in [-0.15, -0.1) is 11.3 Å². The van der Waals surface area contributed by atoms with Gasteiger partial charge in [0.2, 0.25) is 0 Å². The van der Waals surface area contributed by atoms with Crippen molar-refractivity contribution >= 4 is 34.0 Å². The molecule has 0 aliphatic heterocycles. The number of carbonyl (C=O) groups is 2. The number of benzene rings is 1. The maximum atomic E-state index is 12.3. The van der Waals surface area contributed by atoms with E-state index in [-0.39, 0.29) is 17.9 Å². The third kappa shape index (κ3) is 4.40. The van der Waals surface area contributed by atoms with Crippen molar-refractivity contribution in [3.8, 4) is 0 Å². The molecule has 7 nitrogen and oxygen atoms in total. The first-order valence-electron chi connectivity index (χ1n) is 8.40. The predicted molar refractivity (Wildman–Crippen MR) is 102 cm³/mol. The van der Waals surface area contributed by atoms with Crippen LogP contribution in [0.15, 0.2) is 46.6 Å². The smallest absolute Gasteiger partial charge is 0.312 e. The van der Waals surface area contributed by atoms with Gasteiger partial charge in [0.05, 0.1) is 24.0 Å². The van der Waals surface area contributed by atoms with Gasteiger partial charge in [0.25, 0.3) is 11.5 Å². The van der Waals surface area contributed by atoms with E-state index >= 15 is 0 Å². The Morgan fingerprint density at radius 3 is 2.67 bits per heavy atom. The van der Waals surface area contributed by atoms with Crippen LogP contribution in [-0.4, -0.2) is 27.8 Å². The van der Waals surface area contributed by atoms with E-state index in [0.717, 1.165) is 4.88 Å². The summed E-state index contributed by atoms with van der Waals surface area (Å²) in [4.78, 5) is 37.5. The first-order valence-corrected chi connectivity index (χ1v) is 9.28. The van der Waals surface area contributed by atoms with E-state index in [1.165, 1.54) is 30.0 Å². The molecular formula is C19H19N3O4S. The molecule has 0 aliphatic rings. The minimum atomic E-state index is -0.920. The fourth-order valence-electron chi connectivity index (χ4n) is 2.67. The molecule has 1 aromatic carbocycles. The van der Waals surface area contributed by atoms with E-state index in [1.807, 2.05) is 17.5 Å². The molecule has 0 saturated carbocycles. The lowest BCUT2D eigenvalue weighted by atomic mass is 10.1. The van der Waals surface area contributed by atoms with Gasteiger partial charge in [-0.05, 0) is 24.4 Å². The fraction of sp³-hybridized carbons (Fsp3) is 0.263. The minimum absolute atomic E-state index is 0.128. The molecule has 0 fully saturated rings. The zero-order valence-corrected chi connectivity index (χ0v) is 15.8. The van der Waals surface area contributed by atoms with E-state index in [1.54, 1.807) is 24.3 Å². The number of fused-ring (bicyclic) bond motifs is 1. The zero-order valence-electron chi connectivity index (χ0n) is 15.0. The van der Waals surface area contributed by atoms with Crippen LogP contribution in [0.2, 0.25) is 0 Å². The number of hydrogen-bond acceptors (Lipinski definition) is 6. The number of ether oxygens (including phenoxy) is 1. The van der Waals surface area contributed by atoms with Crippen molar-refractivity contribution in [3.05, 3.63) is 62.7 Å². The molecule has 0 unspecified atom stereocenters. The molecule has 0 radical (unpaired) electrons. The highest BCUT2D eigenvalue weighted by molar-refractivity contribution is 7.09. The number of carbonyl (C=O) groups excluding carboxylic acids is 2. The SMILES string of the molecule is C[C@@H](OC(=O)Cc1nn(C)c(=O)c2ccccc12)C(=O)NCc1cccs1. The molecule has 27 heavy (non-hydrogen) atoms. The Balaban J connectivity index is 1.65. The molecule has 2 aromatic heterocycles. The van der Waals surface area contributed by atoms with E-state index in [2.05, 4.69) is 10.4 Å². The number of nitrogens with one attached hydrogen (secondary N) is 1. The zero-order chi connectivity index (χ0) is 19.4. The lowest BCUT2D eigenvalue weighted by Crippen LogP contribution is -2.35. The van der Waals surface area contributed by atoms with Crippen LogP contribution in [0.1, 0.15) is 17.5 Å². The van der Waals surface area contributed by atoms with Crippen LogP contribution in [0.3, 0.4) is 0 Å². The first kappa shape index (κ1) is 18.8. The first-order chi connectivity index (χ1) is 13.0. The highest BCUT2D eigenvalue weighted by atomic mass is 32.1. The number of aryl methyl sites for hydroxylation is 1. The Bertz CT molecular complexity index is 1030. The number of amides is 1. The van der Waals surface area contributed by atoms with Gasteiger partial charge < -0.3 is 10.1 Å². The maximum absolute atomic E-state index is 12.3. The molecule has 3 rings (SSSR count). The summed E-state index contributed by atoms with van der Waals surface area (Å²) in [5, 5.41) is 9.92. The number of rotatable bonds is 6. The van der Waals surface area contributed by atoms with Gasteiger partial charge >= 0.3 is 5.97 Å². The number of nitrogens with zero attached hydrogens (tertiary/aromatic N) is 2. The Kier molecular flexibility index (Phi) is 5.66. The van der Waals surface area contributed by atoms with Gasteiger partial charge in [-0.2, -0.15) is 5.10 Å². The fourth-order valence-corrected chi connectivity index (χ4v) is 3.31. The summed E-state index contributed by atoms with van der Waals surface area (Å²) in [7, 11) is 1.53. The highest BCUT2D eigenvalue weighted by Crippen LogP contribution is 2.14. The molecule has 1 atom stereocenters. The van der Waals surface area contributed by atoms with Crippen LogP contribution >= 0.6 is 11.3 Å². The molecule has 0 saturated heterocycles. The minimum Gasteiger partial charge on any atom is -0.452 e. The van der Waals surface area contributed by atoms with Crippen LogP contribution in [0.25, 0.3) is 10.8 Å². The molecule has 1 amide bonds. The Morgan fingerprint density at radius 1 is 1.22 bits per heavy atom. The summed E-state index contributed by atoms with van der Waals surface area (Å²) in [6.07, 6.45) is -1.05. The van der Waals surface area contributed by atoms with Crippen LogP contribution in [0, 0.1) is 0 Å². The van der Waals surface area contributed by atoms with Crippen LogP contribution in [-0.2, 0) is 34.3 Å². The average molecular weight is 385 g/mol. The molecule has 2 heterocycles. The van der Waals surface area contributed by atoms with Crippen molar-refractivity contribution in [1.29, 1.82) is 0 Å². The number of thiophene rings is 1. The van der Waals surface area contributed by atoms with Crippen molar-refractivity contribution in [1.82, 2.24) is 15.1 Å². The number of esters is 1. The van der Waals surface area contributed by atoms with Crippen molar-refractivity contribution in [2.24, 2.45) is 7.05 Å². The predicted octanol–water partition coefficient (Wildman–Crippen LogP) is 1.79. The second-order valence-electron chi connectivity index (χ2n) is 6.03. The van der Waals surface area contributed by atoms with E-state index < -0.39 is 12.1 Å². The van der Waals surface area contributed by atoms with Crippen molar-refractivity contribution in [2.75, 3.05) is 0 Å². The van der Waals surface area contributed by atoms with Gasteiger partial charge in [-0.25, -0.2) is 4.68 Å². The Labute approximate surface area is 159 Å². The van der Waals surface area contributed by atoms with Crippen molar-refractivity contribution in [3.63, 3.8) is 0 Å². The van der Waals surface area contributed by atoms with E-state index in [9.17, 15) is 14.4 Å². The summed E-state index contributed by atoms with van der Waals surface area (Å²) < 4.78 is 6.43. The van der Waals surface area contributed by atoms with E-state index in [0.29, 0.717) is 23.0 Å². The lowest BCUT2D eigenvalue weighted by Gasteiger charge is -2.14. The molecule has 8 heteroatoms. The lowest BCUT2D eigenvalue weighted by molar-refractivity contribution is -0.154. The Morgan fingerprint density at radius 2 is 1.96 bits per heavy atom. The molecule has 0 aliphatic carbocycles. The summed E-state index contributed by atoms with van der Waals surface area (Å²) in [5.41, 5.74) is 0.202. The van der Waals surface area contributed by atoms with Gasteiger partial charge in [0.15, 0.2) is 6.10 Å². The van der Waals surface area contributed by atoms with Crippen LogP contribution < -0.4 is 10.9 Å². The molecule has 0 spiro atoms. The average Bonchev–Trinajstić information content (AvgIpc) is 3.17. The topological polar surface area (TPSA) is 90.3 Å². The van der Waals surface area contributed by atoms with Crippen molar-refractivity contribution in [2.45, 2.75) is 26.0 Å². The van der Waals surface area contributed by atoms with Gasteiger partial charge in [0, 0.05) is 17.3 Å². The third-order valence-corrected chi connectivity index (χ3v) is 4.92. The molecule has 1 N–H and O–H groups in total. The molecule has 140 valence electrons. The summed E-state index contributed by atoms with van der Waals surface area (Å²) >= 11 is 1.54. The highest BCUT2D eigenvalue weighted by Gasteiger charge is 2.19. The van der Waals surface area contributed by atoms with Crippen molar-refractivity contribution < 1.29 is 14.3 Å². The van der Waals surface area contributed by atoms with Gasteiger partial charge in [0.1, 0.15) is 0 Å². The summed E-state index contributed by atoms with van der Waals surface area (Å²) in [6, 6.07) is 10.8. The summed E-state index contributed by atoms with van der Waals surface area (Å²) in [6.45, 7) is 1.92. The van der Waals surface area contributed by atoms with Crippen LogP contribution in [0.5, 0.6) is 0 Å². The number of aromatic nitrogens is 2. The number of hydrogen-bond donors (Lipinski definition) is 1. The normalized spacial score (nSPS) is 11.9. The quantitative estimate of drug-likeness (QED) is 0.654. The second-order valence-corrected chi connectivity index (χ2v) is 7.06. The maximum Gasteiger partial charge on any atom is 0.312 e. The van der Waals surface area contributed by atoms with E-state index in [4.69, 9.17) is 4.74 Å². The molecular weight excluding hydrogens is 366 g/mol. The second kappa shape index (κ2) is 8.13. The van der Waals surface area contributed by atoms with Gasteiger partial charge in [-0.3, -0.25) is 14.4 Å². The van der Waals surface area contributed by atoms with Crippen LogP contribution in [0.4, 0.5) is 0 Å². The monoisotopic (exact) mass is 385 g/mol. The molecule has 3 aromatic rings.